The first-order chi connectivity index (χ1) is 16.6. The van der Waals surface area contributed by atoms with Gasteiger partial charge in [-0.25, -0.2) is 9.97 Å². The van der Waals surface area contributed by atoms with Gasteiger partial charge in [-0.15, -0.1) is 0 Å². The van der Waals surface area contributed by atoms with Crippen molar-refractivity contribution in [1.82, 2.24) is 14.9 Å². The van der Waals surface area contributed by atoms with Crippen molar-refractivity contribution in [2.75, 3.05) is 43.1 Å². The minimum Gasteiger partial charge on any atom is -0.457 e. The van der Waals surface area contributed by atoms with Gasteiger partial charge in [0.05, 0.1) is 25.8 Å². The summed E-state index contributed by atoms with van der Waals surface area (Å²) in [5, 5.41) is 12.1. The number of carbonyl (C=O) groups is 1. The van der Waals surface area contributed by atoms with Gasteiger partial charge in [0.1, 0.15) is 17.9 Å². The van der Waals surface area contributed by atoms with Crippen molar-refractivity contribution >= 4 is 23.2 Å². The molecule has 1 N–H and O–H groups in total. The summed E-state index contributed by atoms with van der Waals surface area (Å²) in [7, 11) is 0. The Kier molecular flexibility index (Phi) is 6.14. The van der Waals surface area contributed by atoms with Gasteiger partial charge >= 0.3 is 0 Å². The molecule has 9 nitrogen and oxygen atoms in total. The van der Waals surface area contributed by atoms with Crippen LogP contribution < -0.4 is 10.2 Å². The van der Waals surface area contributed by atoms with E-state index >= 15 is 0 Å². The van der Waals surface area contributed by atoms with E-state index in [2.05, 4.69) is 27.3 Å². The first kappa shape index (κ1) is 21.9. The molecule has 1 saturated heterocycles. The Hall–Kier alpha value is -3.90. The zero-order valence-corrected chi connectivity index (χ0v) is 19.1. The van der Waals surface area contributed by atoms with E-state index in [0.29, 0.717) is 36.9 Å². The van der Waals surface area contributed by atoms with E-state index in [1.807, 2.05) is 31.2 Å². The lowest BCUT2D eigenvalue weighted by molar-refractivity contribution is -0.131. The van der Waals surface area contributed by atoms with Gasteiger partial charge in [-0.3, -0.25) is 4.79 Å². The molecule has 3 aromatic rings. The molecule has 1 aromatic carbocycles. The van der Waals surface area contributed by atoms with Gasteiger partial charge in [0.15, 0.2) is 5.76 Å². The molecule has 4 heterocycles. The van der Waals surface area contributed by atoms with Crippen LogP contribution in [0.5, 0.6) is 0 Å². The van der Waals surface area contributed by atoms with Crippen molar-refractivity contribution in [2.24, 2.45) is 0 Å². The lowest BCUT2D eigenvalue weighted by Gasteiger charge is -2.28. The van der Waals surface area contributed by atoms with Crippen molar-refractivity contribution in [3.05, 3.63) is 53.4 Å². The Bertz CT molecular complexity index is 1220. The SMILES string of the molecule is Cc1cnc(Nc2ccc(N3CCOCC3)cc2)nc1-c1cc2c(o1)CN(C(=O)CC#N)CC2. The summed E-state index contributed by atoms with van der Waals surface area (Å²) in [5.74, 6) is 1.72. The third-order valence-electron chi connectivity index (χ3n) is 6.17. The Balaban J connectivity index is 1.32. The van der Waals surface area contributed by atoms with Crippen LogP contribution in [0.1, 0.15) is 23.3 Å². The number of ether oxygens (including phenoxy) is 1. The molecule has 2 aliphatic heterocycles. The van der Waals surface area contributed by atoms with E-state index in [1.54, 1.807) is 11.1 Å². The molecule has 1 fully saturated rings. The number of nitrogens with zero attached hydrogens (tertiary/aromatic N) is 5. The van der Waals surface area contributed by atoms with Crippen LogP contribution in [0, 0.1) is 18.3 Å². The topological polar surface area (TPSA) is 108 Å². The maximum atomic E-state index is 12.1. The van der Waals surface area contributed by atoms with Crippen LogP contribution in [-0.2, 0) is 22.5 Å². The number of aromatic nitrogens is 2. The number of nitrogens with one attached hydrogen (secondary N) is 1. The average molecular weight is 459 g/mol. The Morgan fingerprint density at radius 3 is 2.76 bits per heavy atom. The van der Waals surface area contributed by atoms with Crippen LogP contribution >= 0.6 is 0 Å². The van der Waals surface area contributed by atoms with E-state index in [9.17, 15) is 4.79 Å². The summed E-state index contributed by atoms with van der Waals surface area (Å²) in [6.45, 7) is 6.21. The number of amides is 1. The van der Waals surface area contributed by atoms with Crippen molar-refractivity contribution in [2.45, 2.75) is 26.3 Å². The van der Waals surface area contributed by atoms with Crippen molar-refractivity contribution in [3.8, 4) is 17.5 Å². The molecule has 0 atom stereocenters. The highest BCUT2D eigenvalue weighted by atomic mass is 16.5. The number of aryl methyl sites for hydroxylation is 1. The van der Waals surface area contributed by atoms with Crippen molar-refractivity contribution < 1.29 is 13.9 Å². The lowest BCUT2D eigenvalue weighted by atomic mass is 10.1. The molecule has 174 valence electrons. The largest absolute Gasteiger partial charge is 0.457 e. The number of rotatable bonds is 5. The molecule has 1 amide bonds. The molecule has 2 aliphatic rings. The molecular formula is C25H26N6O3. The van der Waals surface area contributed by atoms with Crippen LogP contribution in [0.3, 0.4) is 0 Å². The summed E-state index contributed by atoms with van der Waals surface area (Å²) in [6, 6.07) is 12.1. The van der Waals surface area contributed by atoms with Crippen LogP contribution in [0.15, 0.2) is 40.9 Å². The van der Waals surface area contributed by atoms with Crippen LogP contribution in [0.25, 0.3) is 11.5 Å². The fourth-order valence-electron chi connectivity index (χ4n) is 4.29. The number of hydrogen-bond acceptors (Lipinski definition) is 8. The monoisotopic (exact) mass is 458 g/mol. The number of furan rings is 1. The molecule has 0 saturated carbocycles. The highest BCUT2D eigenvalue weighted by molar-refractivity contribution is 5.78. The molecule has 9 heteroatoms. The Morgan fingerprint density at radius 1 is 1.21 bits per heavy atom. The number of hydrogen-bond donors (Lipinski definition) is 1. The lowest BCUT2D eigenvalue weighted by Crippen LogP contribution is -2.36. The first-order valence-electron chi connectivity index (χ1n) is 11.4. The van der Waals surface area contributed by atoms with E-state index in [-0.39, 0.29) is 12.3 Å². The summed E-state index contributed by atoms with van der Waals surface area (Å²) in [5.41, 5.74) is 4.76. The Labute approximate surface area is 198 Å². The number of anilines is 3. The highest BCUT2D eigenvalue weighted by Gasteiger charge is 2.25. The molecule has 0 spiro atoms. The van der Waals surface area contributed by atoms with Crippen LogP contribution in [0.4, 0.5) is 17.3 Å². The van der Waals surface area contributed by atoms with E-state index in [0.717, 1.165) is 48.9 Å². The molecule has 5 rings (SSSR count). The first-order valence-corrected chi connectivity index (χ1v) is 11.4. The molecule has 0 unspecified atom stereocenters. The van der Waals surface area contributed by atoms with Gasteiger partial charge in [0.2, 0.25) is 11.9 Å². The third-order valence-corrected chi connectivity index (χ3v) is 6.17. The van der Waals surface area contributed by atoms with Gasteiger partial charge in [0, 0.05) is 37.2 Å². The summed E-state index contributed by atoms with van der Waals surface area (Å²) >= 11 is 0. The maximum absolute atomic E-state index is 12.1. The second-order valence-corrected chi connectivity index (χ2v) is 8.46. The quantitative estimate of drug-likeness (QED) is 0.620. The second kappa shape index (κ2) is 9.53. The predicted octanol–water partition coefficient (Wildman–Crippen LogP) is 3.42. The second-order valence-electron chi connectivity index (χ2n) is 8.46. The van der Waals surface area contributed by atoms with Crippen LogP contribution in [-0.4, -0.2) is 53.6 Å². The van der Waals surface area contributed by atoms with Crippen LogP contribution in [0.2, 0.25) is 0 Å². The molecule has 2 aromatic heterocycles. The fourth-order valence-corrected chi connectivity index (χ4v) is 4.29. The van der Waals surface area contributed by atoms with Gasteiger partial charge in [-0.1, -0.05) is 0 Å². The number of carbonyl (C=O) groups excluding carboxylic acids is 1. The zero-order valence-electron chi connectivity index (χ0n) is 19.1. The minimum atomic E-state index is -0.171. The smallest absolute Gasteiger partial charge is 0.237 e. The number of morpholine rings is 1. The van der Waals surface area contributed by atoms with Gasteiger partial charge in [-0.05, 0) is 54.8 Å². The highest BCUT2D eigenvalue weighted by Crippen LogP contribution is 2.31. The summed E-state index contributed by atoms with van der Waals surface area (Å²) in [4.78, 5) is 25.2. The van der Waals surface area contributed by atoms with E-state index in [1.165, 1.54) is 5.69 Å². The normalized spacial score (nSPS) is 15.5. The molecule has 0 bridgehead atoms. The van der Waals surface area contributed by atoms with Gasteiger partial charge in [0.25, 0.3) is 0 Å². The summed E-state index contributed by atoms with van der Waals surface area (Å²) in [6.07, 6.45) is 2.36. The molecule has 0 radical (unpaired) electrons. The summed E-state index contributed by atoms with van der Waals surface area (Å²) < 4.78 is 11.5. The molecular weight excluding hydrogens is 432 g/mol. The predicted molar refractivity (Wildman–Crippen MR) is 127 cm³/mol. The average Bonchev–Trinajstić information content (AvgIpc) is 3.29. The standard InChI is InChI=1S/C25H26N6O3/c1-17-15-27-25(28-19-2-4-20(5-3-19)30-10-12-33-13-11-30)29-24(17)21-14-18-7-9-31(16-22(18)34-21)23(32)6-8-26/h2-5,14-15H,6-7,9-13,16H2,1H3,(H,27,28,29). The fraction of sp³-hybridized carbons (Fsp3) is 0.360. The van der Waals surface area contributed by atoms with E-state index in [4.69, 9.17) is 19.4 Å². The minimum absolute atomic E-state index is 0.115. The number of nitriles is 1. The third kappa shape index (κ3) is 4.58. The number of benzene rings is 1. The van der Waals surface area contributed by atoms with Gasteiger partial charge in [-0.2, -0.15) is 5.26 Å². The molecule has 0 aliphatic carbocycles. The zero-order chi connectivity index (χ0) is 23.5. The Morgan fingerprint density at radius 2 is 2.00 bits per heavy atom. The van der Waals surface area contributed by atoms with Gasteiger partial charge < -0.3 is 24.3 Å². The number of fused-ring (bicyclic) bond motifs is 1. The molecule has 34 heavy (non-hydrogen) atoms. The van der Waals surface area contributed by atoms with Crippen molar-refractivity contribution in [1.29, 1.82) is 5.26 Å². The maximum Gasteiger partial charge on any atom is 0.237 e. The van der Waals surface area contributed by atoms with E-state index < -0.39 is 0 Å². The van der Waals surface area contributed by atoms with Crippen molar-refractivity contribution in [3.63, 3.8) is 0 Å².